The Hall–Kier alpha value is -1.13. The number of hydrogen-bond donors (Lipinski definition) is 1. The Kier molecular flexibility index (Phi) is 5.01. The van der Waals surface area contributed by atoms with Crippen LogP contribution in [0.4, 0.5) is 11.6 Å². The average Bonchev–Trinajstić information content (AvgIpc) is 2.62. The van der Waals surface area contributed by atoms with E-state index in [-0.39, 0.29) is 10.4 Å². The topological polar surface area (TPSA) is 87.5 Å². The summed E-state index contributed by atoms with van der Waals surface area (Å²) in [6.07, 6.45) is 0. The van der Waals surface area contributed by atoms with Crippen LogP contribution in [0, 0.1) is 0 Å². The van der Waals surface area contributed by atoms with Crippen LogP contribution in [0.15, 0.2) is 0 Å². The molecule has 1 atom stereocenters. The number of ether oxygens (including phenoxy) is 1. The van der Waals surface area contributed by atoms with Crippen LogP contribution in [-0.4, -0.2) is 75.6 Å². The maximum Gasteiger partial charge on any atom is 0.226 e. The minimum Gasteiger partial charge on any atom is -0.381 e. The van der Waals surface area contributed by atoms with Gasteiger partial charge in [-0.3, -0.25) is 0 Å². The summed E-state index contributed by atoms with van der Waals surface area (Å²) in [7, 11) is 0. The smallest absolute Gasteiger partial charge is 0.226 e. The molecule has 1 unspecified atom stereocenters. The van der Waals surface area contributed by atoms with Gasteiger partial charge in [-0.2, -0.15) is 9.97 Å². The molecular weight excluding hydrogens is 387 g/mol. The van der Waals surface area contributed by atoms with Gasteiger partial charge in [-0.1, -0.05) is 11.6 Å². The first kappa shape index (κ1) is 17.3. The van der Waals surface area contributed by atoms with Crippen LogP contribution in [-0.2, 0) is 4.74 Å². The van der Waals surface area contributed by atoms with Gasteiger partial charge in [0, 0.05) is 25.4 Å². The highest BCUT2D eigenvalue weighted by Crippen LogP contribution is 2.31. The Bertz CT molecular complexity index is 791. The van der Waals surface area contributed by atoms with E-state index in [4.69, 9.17) is 27.9 Å². The zero-order chi connectivity index (χ0) is 17.4. The van der Waals surface area contributed by atoms with Crippen LogP contribution < -0.4 is 9.80 Å². The zero-order valence-corrected chi connectivity index (χ0v) is 15.6. The molecule has 2 aromatic rings. The maximum atomic E-state index is 9.87. The van der Waals surface area contributed by atoms with Crippen LogP contribution in [0.5, 0.6) is 0 Å². The summed E-state index contributed by atoms with van der Waals surface area (Å²) in [5, 5.41) is 10.3. The molecule has 2 aliphatic rings. The van der Waals surface area contributed by atoms with E-state index in [2.05, 4.69) is 19.9 Å². The number of halogens is 2. The number of β-amino-alcohol motifs (C(OH)–C–C–N with tert-alkyl or cyclic N) is 1. The van der Waals surface area contributed by atoms with E-state index in [1.165, 1.54) is 11.8 Å². The van der Waals surface area contributed by atoms with E-state index < -0.39 is 5.44 Å². The fraction of sp³-hybridized carbons (Fsp3) is 0.571. The van der Waals surface area contributed by atoms with Crippen molar-refractivity contribution in [2.45, 2.75) is 5.44 Å². The predicted octanol–water partition coefficient (Wildman–Crippen LogP) is 1.43. The predicted molar refractivity (Wildman–Crippen MR) is 98.9 cm³/mol. The lowest BCUT2D eigenvalue weighted by atomic mass is 10.3. The molecule has 2 fully saturated rings. The fourth-order valence-electron chi connectivity index (χ4n) is 2.90. The largest absolute Gasteiger partial charge is 0.381 e. The second-order valence-corrected chi connectivity index (χ2v) is 7.68. The van der Waals surface area contributed by atoms with Gasteiger partial charge in [0.05, 0.1) is 19.8 Å². The minimum absolute atomic E-state index is 0.116. The molecule has 11 heteroatoms. The van der Waals surface area contributed by atoms with Gasteiger partial charge in [-0.15, -0.1) is 11.8 Å². The molecule has 2 aliphatic heterocycles. The molecule has 4 heterocycles. The number of aliphatic hydroxyl groups excluding tert-OH is 1. The third kappa shape index (κ3) is 3.56. The third-order valence-electron chi connectivity index (χ3n) is 4.08. The van der Waals surface area contributed by atoms with Crippen molar-refractivity contribution in [3.05, 3.63) is 10.4 Å². The summed E-state index contributed by atoms with van der Waals surface area (Å²) in [6.45, 7) is 3.80. The maximum absolute atomic E-state index is 9.87. The van der Waals surface area contributed by atoms with Crippen molar-refractivity contribution < 1.29 is 9.84 Å². The molecule has 2 aromatic heterocycles. The standard InChI is InChI=1S/C14H16Cl2N6O2S/c15-10-13(22-3-6-25-8(23)7-22)18-11-9(17-10)12(20-14(16)19-11)21-1-4-24-5-2-21/h8,23H,1-7H2. The molecule has 1 N–H and O–H groups in total. The van der Waals surface area contributed by atoms with Gasteiger partial charge in [0.1, 0.15) is 5.44 Å². The van der Waals surface area contributed by atoms with Crippen molar-refractivity contribution in [2.24, 2.45) is 0 Å². The van der Waals surface area contributed by atoms with Crippen molar-refractivity contribution in [1.29, 1.82) is 0 Å². The molecular formula is C14H16Cl2N6O2S. The molecule has 8 nitrogen and oxygen atoms in total. The molecule has 0 aliphatic carbocycles. The van der Waals surface area contributed by atoms with Gasteiger partial charge in [-0.05, 0) is 11.6 Å². The Labute approximate surface area is 158 Å². The molecule has 134 valence electrons. The lowest BCUT2D eigenvalue weighted by Crippen LogP contribution is -2.39. The Balaban J connectivity index is 1.77. The first-order valence-corrected chi connectivity index (χ1v) is 9.70. The number of aromatic nitrogens is 4. The Morgan fingerprint density at radius 3 is 2.56 bits per heavy atom. The molecule has 0 amide bonds. The summed E-state index contributed by atoms with van der Waals surface area (Å²) >= 11 is 14.0. The lowest BCUT2D eigenvalue weighted by molar-refractivity contribution is 0.122. The number of thioether (sulfide) groups is 1. The van der Waals surface area contributed by atoms with Gasteiger partial charge in [0.2, 0.25) is 5.28 Å². The number of fused-ring (bicyclic) bond motifs is 1. The number of nitrogens with zero attached hydrogens (tertiary/aromatic N) is 6. The molecule has 0 spiro atoms. The SMILES string of the molecule is OC1CN(c2nc3nc(Cl)nc(N4CCOCC4)c3nc2Cl)CCS1. The first-order valence-electron chi connectivity index (χ1n) is 7.90. The van der Waals surface area contributed by atoms with Crippen molar-refractivity contribution in [3.8, 4) is 0 Å². The number of anilines is 2. The number of rotatable bonds is 2. The zero-order valence-electron chi connectivity index (χ0n) is 13.2. The van der Waals surface area contributed by atoms with E-state index in [1.807, 2.05) is 9.80 Å². The van der Waals surface area contributed by atoms with Crippen molar-refractivity contribution >= 4 is 57.8 Å². The molecule has 2 saturated heterocycles. The highest BCUT2D eigenvalue weighted by Gasteiger charge is 2.25. The highest BCUT2D eigenvalue weighted by molar-refractivity contribution is 7.99. The van der Waals surface area contributed by atoms with Gasteiger partial charge in [0.15, 0.2) is 28.0 Å². The van der Waals surface area contributed by atoms with E-state index >= 15 is 0 Å². The number of aliphatic hydroxyl groups is 1. The lowest BCUT2D eigenvalue weighted by Gasteiger charge is -2.31. The van der Waals surface area contributed by atoms with Gasteiger partial charge < -0.3 is 19.6 Å². The van der Waals surface area contributed by atoms with Gasteiger partial charge in [-0.25, -0.2) is 9.97 Å². The minimum atomic E-state index is -0.472. The summed E-state index contributed by atoms with van der Waals surface area (Å²) in [5.74, 6) is 1.92. The highest BCUT2D eigenvalue weighted by atomic mass is 35.5. The number of morpholine rings is 1. The molecule has 4 rings (SSSR count). The van der Waals surface area contributed by atoms with Crippen LogP contribution >= 0.6 is 35.0 Å². The van der Waals surface area contributed by atoms with Gasteiger partial charge in [0.25, 0.3) is 0 Å². The van der Waals surface area contributed by atoms with Crippen LogP contribution in [0.2, 0.25) is 10.4 Å². The molecule has 0 bridgehead atoms. The Morgan fingerprint density at radius 2 is 1.80 bits per heavy atom. The van der Waals surface area contributed by atoms with E-state index in [0.717, 1.165) is 12.3 Å². The molecule has 25 heavy (non-hydrogen) atoms. The normalized spacial score (nSPS) is 21.8. The van der Waals surface area contributed by atoms with Crippen molar-refractivity contribution in [3.63, 3.8) is 0 Å². The van der Waals surface area contributed by atoms with Crippen LogP contribution in [0.25, 0.3) is 11.2 Å². The van der Waals surface area contributed by atoms with E-state index in [0.29, 0.717) is 55.6 Å². The van der Waals surface area contributed by atoms with Crippen molar-refractivity contribution in [1.82, 2.24) is 19.9 Å². The molecule has 0 radical (unpaired) electrons. The summed E-state index contributed by atoms with van der Waals surface area (Å²) in [5.41, 5.74) is 0.445. The first-order chi connectivity index (χ1) is 12.1. The second kappa shape index (κ2) is 7.24. The summed E-state index contributed by atoms with van der Waals surface area (Å²) in [6, 6.07) is 0. The molecule has 0 saturated carbocycles. The third-order valence-corrected chi connectivity index (χ3v) is 5.46. The quantitative estimate of drug-likeness (QED) is 0.749. The number of hydrogen-bond acceptors (Lipinski definition) is 9. The van der Waals surface area contributed by atoms with Crippen molar-refractivity contribution in [2.75, 3.05) is 54.9 Å². The Morgan fingerprint density at radius 1 is 1.00 bits per heavy atom. The monoisotopic (exact) mass is 402 g/mol. The van der Waals surface area contributed by atoms with E-state index in [1.54, 1.807) is 0 Å². The van der Waals surface area contributed by atoms with Gasteiger partial charge >= 0.3 is 0 Å². The summed E-state index contributed by atoms with van der Waals surface area (Å²) in [4.78, 5) is 21.6. The summed E-state index contributed by atoms with van der Waals surface area (Å²) < 4.78 is 5.38. The van der Waals surface area contributed by atoms with E-state index in [9.17, 15) is 5.11 Å². The van der Waals surface area contributed by atoms with Crippen LogP contribution in [0.3, 0.4) is 0 Å². The second-order valence-electron chi connectivity index (χ2n) is 5.70. The molecule has 0 aromatic carbocycles. The van der Waals surface area contributed by atoms with Crippen LogP contribution in [0.1, 0.15) is 0 Å². The average molecular weight is 403 g/mol. The fourth-order valence-corrected chi connectivity index (χ4v) is 4.19.